The van der Waals surface area contributed by atoms with E-state index >= 15 is 0 Å². The molecule has 0 heterocycles. The Morgan fingerprint density at radius 1 is 1.00 bits per heavy atom. The summed E-state index contributed by atoms with van der Waals surface area (Å²) in [5.74, 6) is 0. The van der Waals surface area contributed by atoms with E-state index in [1.165, 1.54) is 31.2 Å². The van der Waals surface area contributed by atoms with Crippen LogP contribution in [0.4, 0.5) is 11.4 Å². The van der Waals surface area contributed by atoms with Gasteiger partial charge in [-0.25, -0.2) is 0 Å². The van der Waals surface area contributed by atoms with Gasteiger partial charge >= 0.3 is 0 Å². The van der Waals surface area contributed by atoms with Gasteiger partial charge in [0.1, 0.15) is 0 Å². The Morgan fingerprint density at radius 2 is 1.75 bits per heavy atom. The zero-order valence-corrected chi connectivity index (χ0v) is 13.0. The highest BCUT2D eigenvalue weighted by Crippen LogP contribution is 2.24. The molecule has 20 heavy (non-hydrogen) atoms. The molecule has 0 aliphatic heterocycles. The molecule has 0 bridgehead atoms. The number of nitrogens with one attached hydrogen (secondary N) is 1. The van der Waals surface area contributed by atoms with Crippen LogP contribution in [0.2, 0.25) is 5.02 Å². The summed E-state index contributed by atoms with van der Waals surface area (Å²) in [6.45, 7) is 4.30. The number of halogens is 1. The Morgan fingerprint density at radius 3 is 2.40 bits per heavy atom. The molecule has 0 saturated carbocycles. The van der Waals surface area contributed by atoms with Crippen LogP contribution >= 0.6 is 11.6 Å². The van der Waals surface area contributed by atoms with Crippen LogP contribution in [0.1, 0.15) is 37.3 Å². The van der Waals surface area contributed by atoms with Crippen LogP contribution in [0.25, 0.3) is 0 Å². The van der Waals surface area contributed by atoms with Gasteiger partial charge in [0, 0.05) is 16.4 Å². The minimum absolute atomic E-state index is 0.777. The highest BCUT2D eigenvalue weighted by atomic mass is 35.5. The summed E-state index contributed by atoms with van der Waals surface area (Å²) in [4.78, 5) is 0. The fourth-order valence-electron chi connectivity index (χ4n) is 2.26. The number of aryl methyl sites for hydroxylation is 2. The van der Waals surface area contributed by atoms with Crippen molar-refractivity contribution in [3.63, 3.8) is 0 Å². The maximum absolute atomic E-state index is 5.97. The monoisotopic (exact) mass is 287 g/mol. The van der Waals surface area contributed by atoms with Gasteiger partial charge in [-0.05, 0) is 61.2 Å². The molecule has 0 aliphatic carbocycles. The maximum atomic E-state index is 5.97. The highest BCUT2D eigenvalue weighted by molar-refractivity contribution is 6.30. The van der Waals surface area contributed by atoms with Crippen LogP contribution in [0.3, 0.4) is 0 Å². The SMILES string of the molecule is CCCCCc1ccc(Nc2ccc(Cl)cc2C)cc1. The molecule has 2 heteroatoms. The van der Waals surface area contributed by atoms with Gasteiger partial charge in [0.2, 0.25) is 0 Å². The first kappa shape index (κ1) is 14.9. The Bertz CT molecular complexity index is 546. The Balaban J connectivity index is 1.99. The fraction of sp³-hybridized carbons (Fsp3) is 0.333. The molecule has 0 radical (unpaired) electrons. The van der Waals surface area contributed by atoms with Crippen LogP contribution in [0, 0.1) is 6.92 Å². The fourth-order valence-corrected chi connectivity index (χ4v) is 2.48. The first-order valence-corrected chi connectivity index (χ1v) is 7.69. The lowest BCUT2D eigenvalue weighted by Crippen LogP contribution is -1.93. The molecule has 1 N–H and O–H groups in total. The molecule has 2 aromatic carbocycles. The first-order valence-electron chi connectivity index (χ1n) is 7.31. The largest absolute Gasteiger partial charge is 0.355 e. The molecule has 0 spiro atoms. The molecule has 0 saturated heterocycles. The summed E-state index contributed by atoms with van der Waals surface area (Å²) < 4.78 is 0. The molecular weight excluding hydrogens is 266 g/mol. The van der Waals surface area contributed by atoms with Crippen molar-refractivity contribution in [3.05, 3.63) is 58.6 Å². The van der Waals surface area contributed by atoms with Crippen LogP contribution < -0.4 is 5.32 Å². The van der Waals surface area contributed by atoms with E-state index in [0.29, 0.717) is 0 Å². The number of unbranched alkanes of at least 4 members (excludes halogenated alkanes) is 2. The zero-order chi connectivity index (χ0) is 14.4. The van der Waals surface area contributed by atoms with E-state index in [1.807, 2.05) is 18.2 Å². The molecule has 0 unspecified atom stereocenters. The summed E-state index contributed by atoms with van der Waals surface area (Å²) in [5.41, 5.74) is 4.80. The lowest BCUT2D eigenvalue weighted by Gasteiger charge is -2.10. The Hall–Kier alpha value is -1.47. The first-order chi connectivity index (χ1) is 9.69. The quantitative estimate of drug-likeness (QED) is 0.631. The average molecular weight is 288 g/mol. The summed E-state index contributed by atoms with van der Waals surface area (Å²) in [6.07, 6.45) is 5.03. The summed E-state index contributed by atoms with van der Waals surface area (Å²) in [5, 5.41) is 4.21. The minimum atomic E-state index is 0.777. The van der Waals surface area contributed by atoms with Crippen LogP contribution in [0.5, 0.6) is 0 Å². The summed E-state index contributed by atoms with van der Waals surface area (Å²) >= 11 is 5.97. The van der Waals surface area contributed by atoms with Crippen molar-refractivity contribution in [1.82, 2.24) is 0 Å². The number of hydrogen-bond acceptors (Lipinski definition) is 1. The normalized spacial score (nSPS) is 10.6. The van der Waals surface area contributed by atoms with Gasteiger partial charge in [-0.1, -0.05) is 43.5 Å². The van der Waals surface area contributed by atoms with Gasteiger partial charge in [-0.15, -0.1) is 0 Å². The molecule has 2 aromatic rings. The molecular formula is C18H22ClN. The van der Waals surface area contributed by atoms with Crippen LogP contribution in [-0.2, 0) is 6.42 Å². The second kappa shape index (κ2) is 7.35. The number of rotatable bonds is 6. The standard InChI is InChI=1S/C18H22ClN/c1-3-4-5-6-15-7-10-17(11-8-15)20-18-12-9-16(19)13-14(18)2/h7-13,20H,3-6H2,1-2H3. The van der Waals surface area contributed by atoms with E-state index in [4.69, 9.17) is 11.6 Å². The lowest BCUT2D eigenvalue weighted by atomic mass is 10.1. The molecule has 106 valence electrons. The molecule has 0 atom stereocenters. The van der Waals surface area contributed by atoms with Gasteiger partial charge < -0.3 is 5.32 Å². The van der Waals surface area contributed by atoms with E-state index in [-0.39, 0.29) is 0 Å². The number of benzene rings is 2. The summed E-state index contributed by atoms with van der Waals surface area (Å²) in [6, 6.07) is 14.6. The predicted octanol–water partition coefficient (Wildman–Crippen LogP) is 6.12. The van der Waals surface area contributed by atoms with Crippen molar-refractivity contribution in [3.8, 4) is 0 Å². The smallest absolute Gasteiger partial charge is 0.0414 e. The second-order valence-electron chi connectivity index (χ2n) is 5.24. The molecule has 0 fully saturated rings. The van der Waals surface area contributed by atoms with Gasteiger partial charge in [-0.3, -0.25) is 0 Å². The number of anilines is 2. The molecule has 0 amide bonds. The zero-order valence-electron chi connectivity index (χ0n) is 12.2. The topological polar surface area (TPSA) is 12.0 Å². The van der Waals surface area contributed by atoms with Crippen molar-refractivity contribution in [2.45, 2.75) is 39.5 Å². The van der Waals surface area contributed by atoms with Crippen molar-refractivity contribution in [2.75, 3.05) is 5.32 Å². The van der Waals surface area contributed by atoms with E-state index in [9.17, 15) is 0 Å². The highest BCUT2D eigenvalue weighted by Gasteiger charge is 2.00. The minimum Gasteiger partial charge on any atom is -0.355 e. The third-order valence-electron chi connectivity index (χ3n) is 3.49. The van der Waals surface area contributed by atoms with Gasteiger partial charge in [-0.2, -0.15) is 0 Å². The molecule has 2 rings (SSSR count). The Labute approximate surface area is 127 Å². The third kappa shape index (κ3) is 4.28. The summed E-state index contributed by atoms with van der Waals surface area (Å²) in [7, 11) is 0. The van der Waals surface area contributed by atoms with Crippen molar-refractivity contribution >= 4 is 23.0 Å². The van der Waals surface area contributed by atoms with Gasteiger partial charge in [0.15, 0.2) is 0 Å². The Kier molecular flexibility index (Phi) is 5.49. The van der Waals surface area contributed by atoms with E-state index in [0.717, 1.165) is 22.0 Å². The van der Waals surface area contributed by atoms with Crippen LogP contribution in [-0.4, -0.2) is 0 Å². The van der Waals surface area contributed by atoms with Crippen molar-refractivity contribution in [1.29, 1.82) is 0 Å². The van der Waals surface area contributed by atoms with Crippen molar-refractivity contribution < 1.29 is 0 Å². The second-order valence-corrected chi connectivity index (χ2v) is 5.67. The van der Waals surface area contributed by atoms with E-state index in [2.05, 4.69) is 43.4 Å². The van der Waals surface area contributed by atoms with Crippen molar-refractivity contribution in [2.24, 2.45) is 0 Å². The lowest BCUT2D eigenvalue weighted by molar-refractivity contribution is 0.717. The van der Waals surface area contributed by atoms with E-state index < -0.39 is 0 Å². The average Bonchev–Trinajstić information content (AvgIpc) is 2.44. The van der Waals surface area contributed by atoms with Gasteiger partial charge in [0.25, 0.3) is 0 Å². The predicted molar refractivity (Wildman–Crippen MR) is 89.1 cm³/mol. The molecule has 0 aromatic heterocycles. The van der Waals surface area contributed by atoms with Gasteiger partial charge in [0.05, 0.1) is 0 Å². The third-order valence-corrected chi connectivity index (χ3v) is 3.73. The molecule has 1 nitrogen and oxygen atoms in total. The number of hydrogen-bond donors (Lipinski definition) is 1. The molecule has 0 aliphatic rings. The maximum Gasteiger partial charge on any atom is 0.0414 e. The van der Waals surface area contributed by atoms with E-state index in [1.54, 1.807) is 0 Å². The van der Waals surface area contributed by atoms with Crippen LogP contribution in [0.15, 0.2) is 42.5 Å².